The molecule has 3 unspecified atom stereocenters. The predicted molar refractivity (Wildman–Crippen MR) is 82.9 cm³/mol. The second-order valence-corrected chi connectivity index (χ2v) is 7.19. The maximum absolute atomic E-state index is 12.3. The molecule has 0 aromatic heterocycles. The lowest BCUT2D eigenvalue weighted by Gasteiger charge is -2.18. The number of hydrogen-bond acceptors (Lipinski definition) is 3. The van der Waals surface area contributed by atoms with Crippen molar-refractivity contribution in [2.75, 3.05) is 18.8 Å². The third kappa shape index (κ3) is 2.97. The summed E-state index contributed by atoms with van der Waals surface area (Å²) in [4.78, 5) is 15.3. The number of nitrogens with two attached hydrogens (primary N) is 1. The largest absolute Gasteiger partial charge is 0.341 e. The van der Waals surface area contributed by atoms with Gasteiger partial charge in [0.15, 0.2) is 0 Å². The van der Waals surface area contributed by atoms with E-state index >= 15 is 0 Å². The van der Waals surface area contributed by atoms with Crippen LogP contribution in [-0.4, -0.2) is 35.7 Å². The molecule has 1 heterocycles. The van der Waals surface area contributed by atoms with Crippen molar-refractivity contribution in [2.45, 2.75) is 23.8 Å². The van der Waals surface area contributed by atoms with Gasteiger partial charge >= 0.3 is 0 Å². The molecule has 3 rings (SSSR count). The Labute approximate surface area is 128 Å². The molecule has 0 radical (unpaired) electrons. The van der Waals surface area contributed by atoms with Crippen LogP contribution in [0.5, 0.6) is 0 Å². The number of likely N-dealkylation sites (tertiary alicyclic amines) is 1. The van der Waals surface area contributed by atoms with Crippen molar-refractivity contribution in [1.82, 2.24) is 4.90 Å². The van der Waals surface area contributed by atoms with E-state index < -0.39 is 0 Å². The number of carbonyl (C=O) groups excluding carboxylic acids is 1. The first-order chi connectivity index (χ1) is 9.63. The number of carbonyl (C=O) groups is 1. The maximum Gasteiger partial charge on any atom is 0.232 e. The van der Waals surface area contributed by atoms with Crippen LogP contribution in [0.2, 0.25) is 5.02 Å². The molecule has 0 spiro atoms. The summed E-state index contributed by atoms with van der Waals surface area (Å²) in [5.41, 5.74) is 6.11. The lowest BCUT2D eigenvalue weighted by Crippen LogP contribution is -2.34. The molecule has 5 heteroatoms. The van der Waals surface area contributed by atoms with Gasteiger partial charge < -0.3 is 10.6 Å². The smallest absolute Gasteiger partial charge is 0.232 e. The van der Waals surface area contributed by atoms with Crippen molar-refractivity contribution in [2.24, 2.45) is 17.6 Å². The minimum absolute atomic E-state index is 0.228. The van der Waals surface area contributed by atoms with E-state index in [-0.39, 0.29) is 5.91 Å². The molecule has 0 bridgehead atoms. The SMILES string of the molecule is NC1CCC2CN(C(=O)CSc3ccc(Cl)cc3)CC12. The van der Waals surface area contributed by atoms with Crippen molar-refractivity contribution in [3.63, 3.8) is 0 Å². The third-order valence-electron chi connectivity index (χ3n) is 4.44. The van der Waals surface area contributed by atoms with Gasteiger partial charge in [0.25, 0.3) is 0 Å². The Morgan fingerprint density at radius 2 is 2.05 bits per heavy atom. The van der Waals surface area contributed by atoms with Crippen LogP contribution in [0.15, 0.2) is 29.2 Å². The zero-order valence-electron chi connectivity index (χ0n) is 11.3. The Morgan fingerprint density at radius 1 is 1.30 bits per heavy atom. The second kappa shape index (κ2) is 5.96. The molecule has 2 fully saturated rings. The fourth-order valence-corrected chi connectivity index (χ4v) is 4.21. The van der Waals surface area contributed by atoms with Crippen LogP contribution in [0.4, 0.5) is 0 Å². The molecule has 1 saturated carbocycles. The average molecular weight is 311 g/mol. The molecule has 108 valence electrons. The molecule has 20 heavy (non-hydrogen) atoms. The Balaban J connectivity index is 1.52. The molecule has 3 nitrogen and oxygen atoms in total. The summed E-state index contributed by atoms with van der Waals surface area (Å²) in [7, 11) is 0. The van der Waals surface area contributed by atoms with E-state index in [1.54, 1.807) is 11.8 Å². The van der Waals surface area contributed by atoms with E-state index in [1.807, 2.05) is 29.2 Å². The molecule has 2 aliphatic rings. The van der Waals surface area contributed by atoms with Gasteiger partial charge in [0.1, 0.15) is 0 Å². The molecular weight excluding hydrogens is 292 g/mol. The summed E-state index contributed by atoms with van der Waals surface area (Å²) in [6, 6.07) is 7.91. The number of halogens is 1. The van der Waals surface area contributed by atoms with Crippen molar-refractivity contribution in [3.8, 4) is 0 Å². The molecule has 1 aromatic carbocycles. The highest BCUT2D eigenvalue weighted by molar-refractivity contribution is 8.00. The van der Waals surface area contributed by atoms with Gasteiger partial charge in [-0.15, -0.1) is 11.8 Å². The first-order valence-corrected chi connectivity index (χ1v) is 8.41. The van der Waals surface area contributed by atoms with Crippen LogP contribution < -0.4 is 5.73 Å². The van der Waals surface area contributed by atoms with Gasteiger partial charge in [0.2, 0.25) is 5.91 Å². The van der Waals surface area contributed by atoms with Crippen LogP contribution in [0.1, 0.15) is 12.8 Å². The van der Waals surface area contributed by atoms with Crippen LogP contribution in [0, 0.1) is 11.8 Å². The Hall–Kier alpha value is -0.710. The maximum atomic E-state index is 12.3. The summed E-state index contributed by atoms with van der Waals surface area (Å²) in [5.74, 6) is 1.89. The van der Waals surface area contributed by atoms with E-state index in [1.165, 1.54) is 6.42 Å². The minimum Gasteiger partial charge on any atom is -0.341 e. The van der Waals surface area contributed by atoms with E-state index in [0.29, 0.717) is 23.6 Å². The number of benzene rings is 1. The van der Waals surface area contributed by atoms with Crippen LogP contribution in [-0.2, 0) is 4.79 Å². The molecule has 1 saturated heterocycles. The number of rotatable bonds is 3. The van der Waals surface area contributed by atoms with Gasteiger partial charge in [-0.25, -0.2) is 0 Å². The lowest BCUT2D eigenvalue weighted by molar-refractivity contribution is -0.127. The number of fused-ring (bicyclic) bond motifs is 1. The van der Waals surface area contributed by atoms with Gasteiger partial charge in [-0.2, -0.15) is 0 Å². The molecule has 1 aliphatic heterocycles. The second-order valence-electron chi connectivity index (χ2n) is 5.71. The van der Waals surface area contributed by atoms with E-state index in [2.05, 4.69) is 0 Å². The zero-order valence-corrected chi connectivity index (χ0v) is 12.9. The monoisotopic (exact) mass is 310 g/mol. The topological polar surface area (TPSA) is 46.3 Å². The highest BCUT2D eigenvalue weighted by atomic mass is 35.5. The van der Waals surface area contributed by atoms with Crippen molar-refractivity contribution in [1.29, 1.82) is 0 Å². The summed E-state index contributed by atoms with van der Waals surface area (Å²) in [6.07, 6.45) is 2.30. The predicted octanol–water partition coefficient (Wildman–Crippen LogP) is 2.63. The van der Waals surface area contributed by atoms with Crippen molar-refractivity contribution < 1.29 is 4.79 Å². The first-order valence-electron chi connectivity index (χ1n) is 7.05. The number of amides is 1. The zero-order chi connectivity index (χ0) is 14.1. The van der Waals surface area contributed by atoms with E-state index in [9.17, 15) is 4.79 Å². The normalized spacial score (nSPS) is 28.7. The van der Waals surface area contributed by atoms with Gasteiger partial charge in [-0.05, 0) is 48.9 Å². The van der Waals surface area contributed by atoms with E-state index in [4.69, 9.17) is 17.3 Å². The third-order valence-corrected chi connectivity index (χ3v) is 5.69. The summed E-state index contributed by atoms with van der Waals surface area (Å²) < 4.78 is 0. The van der Waals surface area contributed by atoms with Gasteiger partial charge in [-0.1, -0.05) is 11.6 Å². The molecule has 1 amide bonds. The Kier molecular flexibility index (Phi) is 4.24. The quantitative estimate of drug-likeness (QED) is 0.873. The molecule has 2 N–H and O–H groups in total. The van der Waals surface area contributed by atoms with Gasteiger partial charge in [0, 0.05) is 29.0 Å². The van der Waals surface area contributed by atoms with Crippen LogP contribution >= 0.6 is 23.4 Å². The molecule has 1 aromatic rings. The fourth-order valence-electron chi connectivity index (χ4n) is 3.28. The van der Waals surface area contributed by atoms with E-state index in [0.717, 1.165) is 29.4 Å². The number of nitrogens with zero attached hydrogens (tertiary/aromatic N) is 1. The fraction of sp³-hybridized carbons (Fsp3) is 0.533. The van der Waals surface area contributed by atoms with Gasteiger partial charge in [0.05, 0.1) is 5.75 Å². The first kappa shape index (κ1) is 14.2. The minimum atomic E-state index is 0.228. The van der Waals surface area contributed by atoms with Gasteiger partial charge in [-0.3, -0.25) is 4.79 Å². The Morgan fingerprint density at radius 3 is 2.75 bits per heavy atom. The van der Waals surface area contributed by atoms with Crippen LogP contribution in [0.3, 0.4) is 0 Å². The van der Waals surface area contributed by atoms with Crippen LogP contribution in [0.25, 0.3) is 0 Å². The van der Waals surface area contributed by atoms with Crippen molar-refractivity contribution in [3.05, 3.63) is 29.3 Å². The average Bonchev–Trinajstić information content (AvgIpc) is 3.01. The molecular formula is C15H19ClN2OS. The summed E-state index contributed by atoms with van der Waals surface area (Å²) >= 11 is 7.42. The number of thioether (sulfide) groups is 1. The summed E-state index contributed by atoms with van der Waals surface area (Å²) in [5, 5.41) is 0.724. The number of hydrogen-bond donors (Lipinski definition) is 1. The summed E-state index contributed by atoms with van der Waals surface area (Å²) in [6.45, 7) is 1.75. The van der Waals surface area contributed by atoms with Crippen molar-refractivity contribution >= 4 is 29.3 Å². The standard InChI is InChI=1S/C15H19ClN2OS/c16-11-2-4-12(5-3-11)20-9-15(19)18-7-10-1-6-14(17)13(10)8-18/h2-5,10,13-14H,1,6-9,17H2. The Bertz CT molecular complexity index is 493. The molecule has 1 aliphatic carbocycles. The molecule has 3 atom stereocenters. The lowest BCUT2D eigenvalue weighted by atomic mass is 9.98. The highest BCUT2D eigenvalue weighted by Gasteiger charge is 2.42. The highest BCUT2D eigenvalue weighted by Crippen LogP contribution is 2.37.